The molecule has 0 aliphatic rings. The van der Waals surface area contributed by atoms with Crippen molar-refractivity contribution in [1.82, 2.24) is 9.38 Å². The van der Waals surface area contributed by atoms with E-state index in [0.717, 1.165) is 12.0 Å². The number of pyridine rings is 1. The molecule has 25 heavy (non-hydrogen) atoms. The molecule has 0 unspecified atom stereocenters. The van der Waals surface area contributed by atoms with Crippen LogP contribution in [0.15, 0.2) is 53.6 Å². The van der Waals surface area contributed by atoms with E-state index in [1.54, 1.807) is 30.5 Å². The van der Waals surface area contributed by atoms with Gasteiger partial charge in [-0.2, -0.15) is 0 Å². The Morgan fingerprint density at radius 1 is 1.24 bits per heavy atom. The minimum absolute atomic E-state index is 0.0200. The summed E-state index contributed by atoms with van der Waals surface area (Å²) >= 11 is 0. The molecule has 6 nitrogen and oxygen atoms in total. The molecule has 128 valence electrons. The van der Waals surface area contributed by atoms with E-state index in [4.69, 9.17) is 4.74 Å². The molecule has 0 saturated heterocycles. The number of anilines is 1. The topological polar surface area (TPSA) is 72.7 Å². The maximum absolute atomic E-state index is 12.6. The molecule has 0 saturated carbocycles. The molecule has 6 heteroatoms. The first-order valence-electron chi connectivity index (χ1n) is 8.11. The van der Waals surface area contributed by atoms with Crippen molar-refractivity contribution in [1.29, 1.82) is 0 Å². The second-order valence-electron chi connectivity index (χ2n) is 5.71. The first kappa shape index (κ1) is 16.7. The van der Waals surface area contributed by atoms with Crippen LogP contribution in [0.5, 0.6) is 5.75 Å². The van der Waals surface area contributed by atoms with Crippen LogP contribution in [0.25, 0.3) is 5.65 Å². The smallest absolute Gasteiger partial charge is 0.270 e. The lowest BCUT2D eigenvalue weighted by Crippen LogP contribution is -2.27. The number of nitrogens with one attached hydrogen (secondary N) is 1. The number of aryl methyl sites for hydroxylation is 1. The Kier molecular flexibility index (Phi) is 4.79. The molecule has 1 N–H and O–H groups in total. The van der Waals surface area contributed by atoms with Gasteiger partial charge in [0.2, 0.25) is 0 Å². The molecule has 3 rings (SSSR count). The molecule has 0 spiro atoms. The molecule has 1 amide bonds. The van der Waals surface area contributed by atoms with Gasteiger partial charge in [0.25, 0.3) is 11.5 Å². The van der Waals surface area contributed by atoms with Gasteiger partial charge in [-0.25, -0.2) is 4.98 Å². The number of aromatic nitrogens is 2. The van der Waals surface area contributed by atoms with E-state index in [-0.39, 0.29) is 5.56 Å². The van der Waals surface area contributed by atoms with Gasteiger partial charge in [-0.3, -0.25) is 14.0 Å². The summed E-state index contributed by atoms with van der Waals surface area (Å²) in [6.07, 6.45) is 3.83. The predicted octanol–water partition coefficient (Wildman–Crippen LogP) is 3.04. The molecule has 0 aliphatic carbocycles. The Bertz CT molecular complexity index is 979. The number of ether oxygens (including phenoxy) is 1. The van der Waals surface area contributed by atoms with E-state index < -0.39 is 11.5 Å². The zero-order chi connectivity index (χ0) is 17.8. The van der Waals surface area contributed by atoms with E-state index in [1.807, 2.05) is 26.0 Å². The molecule has 0 bridgehead atoms. The molecule has 2 heterocycles. The number of nitrogens with zero attached hydrogens (tertiary/aromatic N) is 2. The number of hydrogen-bond acceptors (Lipinski definition) is 4. The molecule has 2 aromatic heterocycles. The van der Waals surface area contributed by atoms with Crippen molar-refractivity contribution in [3.63, 3.8) is 0 Å². The normalized spacial score (nSPS) is 10.6. The fourth-order valence-corrected chi connectivity index (χ4v) is 2.44. The number of amides is 1. The average Bonchev–Trinajstić information content (AvgIpc) is 2.61. The maximum atomic E-state index is 12.6. The number of fused-ring (bicyclic) bond motifs is 1. The van der Waals surface area contributed by atoms with Crippen LogP contribution in [0.3, 0.4) is 0 Å². The van der Waals surface area contributed by atoms with Crippen molar-refractivity contribution in [3.8, 4) is 5.75 Å². The molecular weight excluding hydrogens is 318 g/mol. The third-order valence-corrected chi connectivity index (χ3v) is 3.69. The Balaban J connectivity index is 1.93. The molecule has 0 radical (unpaired) electrons. The minimum atomic E-state index is -0.513. The number of carbonyl (C=O) groups is 1. The average molecular weight is 337 g/mol. The van der Waals surface area contributed by atoms with Gasteiger partial charge >= 0.3 is 0 Å². The summed E-state index contributed by atoms with van der Waals surface area (Å²) in [6, 6.07) is 10.7. The molecule has 1 aromatic carbocycles. The summed E-state index contributed by atoms with van der Waals surface area (Å²) in [6.45, 7) is 4.43. The van der Waals surface area contributed by atoms with Crippen molar-refractivity contribution >= 4 is 17.2 Å². The molecule has 3 aromatic rings. The lowest BCUT2D eigenvalue weighted by atomic mass is 10.2. The van der Waals surface area contributed by atoms with Crippen LogP contribution >= 0.6 is 0 Å². The summed E-state index contributed by atoms with van der Waals surface area (Å²) < 4.78 is 7.00. The first-order chi connectivity index (χ1) is 12.1. The second kappa shape index (κ2) is 7.17. The molecule has 0 aliphatic heterocycles. The third-order valence-electron chi connectivity index (χ3n) is 3.69. The molecular formula is C19H19N3O3. The lowest BCUT2D eigenvalue weighted by molar-refractivity contribution is 0.102. The van der Waals surface area contributed by atoms with Crippen molar-refractivity contribution in [3.05, 3.63) is 70.3 Å². The monoisotopic (exact) mass is 337 g/mol. The summed E-state index contributed by atoms with van der Waals surface area (Å²) in [7, 11) is 0. The highest BCUT2D eigenvalue weighted by Gasteiger charge is 2.15. The Morgan fingerprint density at radius 2 is 2.04 bits per heavy atom. The zero-order valence-corrected chi connectivity index (χ0v) is 14.2. The number of carbonyl (C=O) groups excluding carboxylic acids is 1. The van der Waals surface area contributed by atoms with Crippen LogP contribution in [0.4, 0.5) is 5.69 Å². The van der Waals surface area contributed by atoms with Crippen LogP contribution < -0.4 is 15.6 Å². The van der Waals surface area contributed by atoms with Gasteiger partial charge in [0.05, 0.1) is 12.3 Å². The van der Waals surface area contributed by atoms with Gasteiger partial charge < -0.3 is 10.1 Å². The highest BCUT2D eigenvalue weighted by atomic mass is 16.5. The Labute approximate surface area is 145 Å². The second-order valence-corrected chi connectivity index (χ2v) is 5.71. The third kappa shape index (κ3) is 3.52. The van der Waals surface area contributed by atoms with Gasteiger partial charge in [-0.05, 0) is 37.1 Å². The lowest BCUT2D eigenvalue weighted by Gasteiger charge is -2.12. The fraction of sp³-hybridized carbons (Fsp3) is 0.211. The van der Waals surface area contributed by atoms with E-state index in [0.29, 0.717) is 23.7 Å². The van der Waals surface area contributed by atoms with E-state index in [2.05, 4.69) is 10.3 Å². The van der Waals surface area contributed by atoms with Gasteiger partial charge in [-0.1, -0.05) is 25.1 Å². The van der Waals surface area contributed by atoms with Crippen LogP contribution in [0, 0.1) is 6.92 Å². The quantitative estimate of drug-likeness (QED) is 0.777. The SMILES string of the molecule is CCCOc1ccccc1NC(=O)c1cnc2ccc(C)cn2c1=O. The first-order valence-corrected chi connectivity index (χ1v) is 8.11. The van der Waals surface area contributed by atoms with E-state index in [1.165, 1.54) is 10.6 Å². The van der Waals surface area contributed by atoms with E-state index >= 15 is 0 Å². The van der Waals surface area contributed by atoms with Crippen LogP contribution in [0.1, 0.15) is 29.3 Å². The number of benzene rings is 1. The highest BCUT2D eigenvalue weighted by Crippen LogP contribution is 2.24. The number of para-hydroxylation sites is 2. The minimum Gasteiger partial charge on any atom is -0.491 e. The summed E-state index contributed by atoms with van der Waals surface area (Å²) in [5.41, 5.74) is 1.51. The van der Waals surface area contributed by atoms with Crippen LogP contribution in [-0.2, 0) is 0 Å². The Morgan fingerprint density at radius 3 is 2.84 bits per heavy atom. The van der Waals surface area contributed by atoms with Gasteiger partial charge in [0.1, 0.15) is 17.0 Å². The fourth-order valence-electron chi connectivity index (χ4n) is 2.44. The maximum Gasteiger partial charge on any atom is 0.270 e. The zero-order valence-electron chi connectivity index (χ0n) is 14.2. The molecule has 0 atom stereocenters. The largest absolute Gasteiger partial charge is 0.491 e. The molecule has 0 fully saturated rings. The predicted molar refractivity (Wildman–Crippen MR) is 96.4 cm³/mol. The summed E-state index contributed by atoms with van der Waals surface area (Å²) in [5, 5.41) is 2.74. The van der Waals surface area contributed by atoms with Crippen molar-refractivity contribution in [2.75, 3.05) is 11.9 Å². The summed E-state index contributed by atoms with van der Waals surface area (Å²) in [5.74, 6) is 0.0587. The number of rotatable bonds is 5. The van der Waals surface area contributed by atoms with Crippen molar-refractivity contribution in [2.24, 2.45) is 0 Å². The van der Waals surface area contributed by atoms with Gasteiger partial charge in [0, 0.05) is 12.4 Å². The van der Waals surface area contributed by atoms with Gasteiger partial charge in [-0.15, -0.1) is 0 Å². The standard InChI is InChI=1S/C19H19N3O3/c1-3-10-25-16-7-5-4-6-15(16)21-18(23)14-11-20-17-9-8-13(2)12-22(17)19(14)24/h4-9,11-12H,3,10H2,1-2H3,(H,21,23). The van der Waals surface area contributed by atoms with Crippen LogP contribution in [0.2, 0.25) is 0 Å². The van der Waals surface area contributed by atoms with Crippen LogP contribution in [-0.4, -0.2) is 21.9 Å². The highest BCUT2D eigenvalue weighted by molar-refractivity contribution is 6.04. The van der Waals surface area contributed by atoms with Crippen molar-refractivity contribution < 1.29 is 9.53 Å². The van der Waals surface area contributed by atoms with E-state index in [9.17, 15) is 9.59 Å². The Hall–Kier alpha value is -3.15. The number of hydrogen-bond donors (Lipinski definition) is 1. The van der Waals surface area contributed by atoms with Gasteiger partial charge in [0.15, 0.2) is 0 Å². The summed E-state index contributed by atoms with van der Waals surface area (Å²) in [4.78, 5) is 29.4. The van der Waals surface area contributed by atoms with Crippen molar-refractivity contribution in [2.45, 2.75) is 20.3 Å².